The Morgan fingerprint density at radius 2 is 1.74 bits per heavy atom. The van der Waals surface area contributed by atoms with Gasteiger partial charge in [-0.3, -0.25) is 14.5 Å². The second kappa shape index (κ2) is 10.2. The molecule has 1 aromatic heterocycles. The van der Waals surface area contributed by atoms with Crippen molar-refractivity contribution in [3.8, 4) is 17.0 Å². The van der Waals surface area contributed by atoms with Gasteiger partial charge in [-0.1, -0.05) is 18.2 Å². The van der Waals surface area contributed by atoms with E-state index in [4.69, 9.17) is 9.47 Å². The molecule has 1 saturated heterocycles. The van der Waals surface area contributed by atoms with E-state index in [1.54, 1.807) is 7.11 Å². The molecular formula is C24H32N4O3. The van der Waals surface area contributed by atoms with Gasteiger partial charge in [0.1, 0.15) is 18.5 Å². The van der Waals surface area contributed by atoms with Gasteiger partial charge in [-0.25, -0.2) is 0 Å². The number of hydrogen-bond acceptors (Lipinski definition) is 6. The van der Waals surface area contributed by atoms with Crippen molar-refractivity contribution in [1.29, 1.82) is 0 Å². The van der Waals surface area contributed by atoms with Crippen LogP contribution in [0.3, 0.4) is 0 Å². The highest BCUT2D eigenvalue weighted by Gasteiger charge is 2.19. The molecule has 1 unspecified atom stereocenters. The summed E-state index contributed by atoms with van der Waals surface area (Å²) in [4.78, 5) is 4.70. The summed E-state index contributed by atoms with van der Waals surface area (Å²) in [5.74, 6) is 0.779. The second-order valence-electron chi connectivity index (χ2n) is 8.20. The van der Waals surface area contributed by atoms with Crippen molar-refractivity contribution >= 4 is 10.8 Å². The van der Waals surface area contributed by atoms with Crippen LogP contribution in [-0.4, -0.2) is 90.4 Å². The Labute approximate surface area is 183 Å². The molecule has 0 radical (unpaired) electrons. The van der Waals surface area contributed by atoms with Crippen LogP contribution in [0.4, 0.5) is 0 Å². The summed E-state index contributed by atoms with van der Waals surface area (Å²) in [6, 6.07) is 14.4. The van der Waals surface area contributed by atoms with Crippen LogP contribution in [0.25, 0.3) is 22.0 Å². The molecule has 0 bridgehead atoms. The van der Waals surface area contributed by atoms with Gasteiger partial charge in [-0.05, 0) is 35.0 Å². The smallest absolute Gasteiger partial charge is 0.120 e. The number of hydrogen-bond donors (Lipinski definition) is 1. The molecule has 0 aliphatic carbocycles. The van der Waals surface area contributed by atoms with Crippen LogP contribution in [0.2, 0.25) is 0 Å². The summed E-state index contributed by atoms with van der Waals surface area (Å²) in [5.41, 5.74) is 2.06. The number of β-amino-alcohol motifs (C(OH)–C–C–N with tert-alkyl or cyclic N) is 1. The number of methoxy groups -OCH3 is 1. The number of nitrogens with zero attached hydrogens (tertiary/aromatic N) is 4. The van der Waals surface area contributed by atoms with Crippen molar-refractivity contribution < 1.29 is 14.6 Å². The maximum absolute atomic E-state index is 10.4. The Morgan fingerprint density at radius 1 is 1.00 bits per heavy atom. The molecule has 1 aliphatic rings. The number of ether oxygens (including phenoxy) is 2. The topological polar surface area (TPSA) is 63.0 Å². The summed E-state index contributed by atoms with van der Waals surface area (Å²) in [6.45, 7) is 6.64. The van der Waals surface area contributed by atoms with Gasteiger partial charge in [0.05, 0.1) is 12.3 Å². The van der Waals surface area contributed by atoms with E-state index in [9.17, 15) is 5.11 Å². The lowest BCUT2D eigenvalue weighted by Crippen LogP contribution is -2.49. The predicted molar refractivity (Wildman–Crippen MR) is 122 cm³/mol. The molecule has 1 fully saturated rings. The van der Waals surface area contributed by atoms with Crippen molar-refractivity contribution in [2.45, 2.75) is 6.10 Å². The van der Waals surface area contributed by atoms with Crippen LogP contribution in [0.5, 0.6) is 5.75 Å². The fourth-order valence-electron chi connectivity index (χ4n) is 4.00. The zero-order valence-corrected chi connectivity index (χ0v) is 18.4. The number of rotatable bonds is 9. The third kappa shape index (κ3) is 5.83. The van der Waals surface area contributed by atoms with Gasteiger partial charge < -0.3 is 14.6 Å². The van der Waals surface area contributed by atoms with E-state index >= 15 is 0 Å². The first-order chi connectivity index (χ1) is 15.1. The van der Waals surface area contributed by atoms with E-state index in [0.717, 1.165) is 67.1 Å². The molecule has 1 aliphatic heterocycles. The molecule has 166 valence electrons. The Balaban J connectivity index is 1.28. The number of aromatic nitrogens is 2. The van der Waals surface area contributed by atoms with E-state index in [-0.39, 0.29) is 0 Å². The van der Waals surface area contributed by atoms with Gasteiger partial charge in [0.15, 0.2) is 0 Å². The minimum Gasteiger partial charge on any atom is -0.491 e. The van der Waals surface area contributed by atoms with Crippen LogP contribution in [0, 0.1) is 0 Å². The average Bonchev–Trinajstić information content (AvgIpc) is 3.23. The first-order valence-electron chi connectivity index (χ1n) is 10.9. The van der Waals surface area contributed by atoms with E-state index < -0.39 is 6.10 Å². The molecule has 2 aromatic carbocycles. The molecule has 0 spiro atoms. The largest absolute Gasteiger partial charge is 0.491 e. The highest BCUT2D eigenvalue weighted by atomic mass is 16.5. The molecule has 31 heavy (non-hydrogen) atoms. The first-order valence-corrected chi connectivity index (χ1v) is 10.9. The molecule has 3 aromatic rings. The normalized spacial score (nSPS) is 16.6. The first kappa shape index (κ1) is 21.8. The summed E-state index contributed by atoms with van der Waals surface area (Å²) >= 11 is 0. The molecule has 0 saturated carbocycles. The van der Waals surface area contributed by atoms with Crippen molar-refractivity contribution in [2.75, 3.05) is 59.6 Å². The maximum Gasteiger partial charge on any atom is 0.120 e. The van der Waals surface area contributed by atoms with Gasteiger partial charge in [-0.2, -0.15) is 5.10 Å². The van der Waals surface area contributed by atoms with Gasteiger partial charge in [0.2, 0.25) is 0 Å². The summed E-state index contributed by atoms with van der Waals surface area (Å²) in [7, 11) is 3.66. The molecular weight excluding hydrogens is 392 g/mol. The SMILES string of the molecule is COCCN1CCN(CC(O)COc2ccc3cc(-c4ccn(C)n4)ccc3c2)CC1. The number of aliphatic hydroxyl groups is 1. The summed E-state index contributed by atoms with van der Waals surface area (Å²) in [6.07, 6.45) is 1.44. The Hall–Kier alpha value is -2.45. The number of aryl methyl sites for hydroxylation is 1. The zero-order valence-electron chi connectivity index (χ0n) is 18.4. The lowest BCUT2D eigenvalue weighted by molar-refractivity contribution is 0.0405. The molecule has 1 atom stereocenters. The summed E-state index contributed by atoms with van der Waals surface area (Å²) in [5, 5.41) is 17.2. The Morgan fingerprint density at radius 3 is 2.48 bits per heavy atom. The van der Waals surface area contributed by atoms with E-state index in [1.807, 2.05) is 36.1 Å². The highest BCUT2D eigenvalue weighted by molar-refractivity contribution is 5.87. The van der Waals surface area contributed by atoms with Crippen molar-refractivity contribution in [3.63, 3.8) is 0 Å². The number of aliphatic hydroxyl groups excluding tert-OH is 1. The molecule has 7 heteroatoms. The third-order valence-corrected chi connectivity index (χ3v) is 5.81. The van der Waals surface area contributed by atoms with Crippen molar-refractivity contribution in [1.82, 2.24) is 19.6 Å². The van der Waals surface area contributed by atoms with Crippen molar-refractivity contribution in [3.05, 3.63) is 48.7 Å². The standard InChI is InChI=1S/C24H32N4O3/c1-26-8-7-24(25-26)21-4-3-20-16-23(6-5-19(20)15-21)31-18-22(29)17-28-11-9-27(10-12-28)13-14-30-2/h3-8,15-16,22,29H,9-14,17-18H2,1-2H3. The van der Waals surface area contributed by atoms with Crippen LogP contribution < -0.4 is 4.74 Å². The van der Waals surface area contributed by atoms with Gasteiger partial charge in [-0.15, -0.1) is 0 Å². The van der Waals surface area contributed by atoms with Crippen LogP contribution >= 0.6 is 0 Å². The number of benzene rings is 2. The van der Waals surface area contributed by atoms with Gasteiger partial charge in [0, 0.05) is 65.2 Å². The minimum atomic E-state index is -0.507. The van der Waals surface area contributed by atoms with E-state index in [1.165, 1.54) is 0 Å². The van der Waals surface area contributed by atoms with Crippen LogP contribution in [0.1, 0.15) is 0 Å². The lowest BCUT2D eigenvalue weighted by atomic mass is 10.0. The van der Waals surface area contributed by atoms with Gasteiger partial charge in [0.25, 0.3) is 0 Å². The predicted octanol–water partition coefficient (Wildman–Crippen LogP) is 2.24. The monoisotopic (exact) mass is 424 g/mol. The zero-order chi connectivity index (χ0) is 21.6. The third-order valence-electron chi connectivity index (χ3n) is 5.81. The minimum absolute atomic E-state index is 0.293. The quantitative estimate of drug-likeness (QED) is 0.569. The number of fused-ring (bicyclic) bond motifs is 1. The van der Waals surface area contributed by atoms with Gasteiger partial charge >= 0.3 is 0 Å². The maximum atomic E-state index is 10.4. The second-order valence-corrected chi connectivity index (χ2v) is 8.20. The fraction of sp³-hybridized carbons (Fsp3) is 0.458. The van der Waals surface area contributed by atoms with E-state index in [2.05, 4.69) is 39.2 Å². The van der Waals surface area contributed by atoms with Crippen molar-refractivity contribution in [2.24, 2.45) is 7.05 Å². The average molecular weight is 425 g/mol. The molecule has 4 rings (SSSR count). The van der Waals surface area contributed by atoms with Crippen LogP contribution in [0.15, 0.2) is 48.7 Å². The molecule has 1 N–H and O–H groups in total. The molecule has 2 heterocycles. The van der Waals surface area contributed by atoms with Crippen LogP contribution in [-0.2, 0) is 11.8 Å². The Kier molecular flexibility index (Phi) is 7.19. The lowest BCUT2D eigenvalue weighted by Gasteiger charge is -2.35. The van der Waals surface area contributed by atoms with E-state index in [0.29, 0.717) is 13.2 Å². The summed E-state index contributed by atoms with van der Waals surface area (Å²) < 4.78 is 12.8. The Bertz CT molecular complexity index is 982. The molecule has 7 nitrogen and oxygen atoms in total. The number of piperazine rings is 1. The highest BCUT2D eigenvalue weighted by Crippen LogP contribution is 2.26. The fourth-order valence-corrected chi connectivity index (χ4v) is 4.00. The molecule has 0 amide bonds.